The minimum absolute atomic E-state index is 0.392. The van der Waals surface area contributed by atoms with Crippen molar-refractivity contribution >= 4 is 0 Å². The van der Waals surface area contributed by atoms with E-state index in [0.29, 0.717) is 5.92 Å². The molecule has 18 heavy (non-hydrogen) atoms. The average Bonchev–Trinajstić information content (AvgIpc) is 2.74. The molecule has 0 amide bonds. The van der Waals surface area contributed by atoms with Gasteiger partial charge in [-0.1, -0.05) is 44.2 Å². The summed E-state index contributed by atoms with van der Waals surface area (Å²) >= 11 is 0. The van der Waals surface area contributed by atoms with E-state index in [1.54, 1.807) is 0 Å². The molecule has 0 aliphatic carbocycles. The number of nitrogens with two attached hydrogens (primary N) is 1. The van der Waals surface area contributed by atoms with Crippen LogP contribution in [0.2, 0.25) is 0 Å². The van der Waals surface area contributed by atoms with Crippen LogP contribution < -0.4 is 5.73 Å². The van der Waals surface area contributed by atoms with Crippen LogP contribution in [0.3, 0.4) is 0 Å². The van der Waals surface area contributed by atoms with Gasteiger partial charge in [0.1, 0.15) is 5.82 Å². The van der Waals surface area contributed by atoms with E-state index in [9.17, 15) is 0 Å². The Kier molecular flexibility index (Phi) is 3.26. The van der Waals surface area contributed by atoms with Crippen molar-refractivity contribution in [2.75, 3.05) is 0 Å². The number of hydrogen-bond donors (Lipinski definition) is 2. The summed E-state index contributed by atoms with van der Waals surface area (Å²) in [6.07, 6.45) is 0. The predicted octanol–water partition coefficient (Wildman–Crippen LogP) is 3.39. The van der Waals surface area contributed by atoms with Crippen LogP contribution in [-0.4, -0.2) is 9.97 Å². The summed E-state index contributed by atoms with van der Waals surface area (Å²) in [5, 5.41) is 0. The zero-order valence-electron chi connectivity index (χ0n) is 11.5. The Labute approximate surface area is 108 Å². The van der Waals surface area contributed by atoms with Crippen LogP contribution in [0.1, 0.15) is 45.1 Å². The maximum Gasteiger partial charge on any atom is 0.126 e. The lowest BCUT2D eigenvalue weighted by Crippen LogP contribution is -2.30. The van der Waals surface area contributed by atoms with Crippen LogP contribution in [0.4, 0.5) is 0 Å². The predicted molar refractivity (Wildman–Crippen MR) is 75.3 cm³/mol. The standard InChI is InChI=1S/C15H21N3/c1-10(2)12-13(11-8-6-5-7-9-11)18-14(17-12)15(3,4)16/h5-10H,16H2,1-4H3,(H,17,18). The summed E-state index contributed by atoms with van der Waals surface area (Å²) in [5.74, 6) is 1.23. The van der Waals surface area contributed by atoms with Crippen LogP contribution in [-0.2, 0) is 5.54 Å². The highest BCUT2D eigenvalue weighted by Crippen LogP contribution is 2.29. The van der Waals surface area contributed by atoms with Crippen LogP contribution in [0.25, 0.3) is 11.3 Å². The zero-order valence-corrected chi connectivity index (χ0v) is 11.5. The first-order chi connectivity index (χ1) is 8.39. The van der Waals surface area contributed by atoms with Gasteiger partial charge in [-0.05, 0) is 19.8 Å². The lowest BCUT2D eigenvalue weighted by molar-refractivity contribution is 0.518. The molecule has 96 valence electrons. The maximum atomic E-state index is 6.12. The second kappa shape index (κ2) is 4.58. The zero-order chi connectivity index (χ0) is 13.3. The first kappa shape index (κ1) is 12.8. The van der Waals surface area contributed by atoms with Crippen LogP contribution in [0, 0.1) is 0 Å². The topological polar surface area (TPSA) is 54.7 Å². The fourth-order valence-electron chi connectivity index (χ4n) is 1.93. The van der Waals surface area contributed by atoms with Crippen molar-refractivity contribution in [2.45, 2.75) is 39.2 Å². The third-order valence-corrected chi connectivity index (χ3v) is 2.97. The molecule has 3 nitrogen and oxygen atoms in total. The highest BCUT2D eigenvalue weighted by molar-refractivity contribution is 5.62. The summed E-state index contributed by atoms with van der Waals surface area (Å²) in [6, 6.07) is 10.2. The number of H-pyrrole nitrogens is 1. The van der Waals surface area contributed by atoms with Gasteiger partial charge in [0.2, 0.25) is 0 Å². The van der Waals surface area contributed by atoms with Gasteiger partial charge < -0.3 is 10.7 Å². The molecule has 0 spiro atoms. The Morgan fingerprint density at radius 2 is 1.78 bits per heavy atom. The third-order valence-electron chi connectivity index (χ3n) is 2.97. The van der Waals surface area contributed by atoms with E-state index in [-0.39, 0.29) is 0 Å². The smallest absolute Gasteiger partial charge is 0.126 e. The summed E-state index contributed by atoms with van der Waals surface area (Å²) in [6.45, 7) is 8.25. The molecule has 0 radical (unpaired) electrons. The fraction of sp³-hybridized carbons (Fsp3) is 0.400. The SMILES string of the molecule is CC(C)c1[nH]c(C(C)(C)N)nc1-c1ccccc1. The van der Waals surface area contributed by atoms with Gasteiger partial charge in [0.25, 0.3) is 0 Å². The van der Waals surface area contributed by atoms with Crippen molar-refractivity contribution in [1.29, 1.82) is 0 Å². The Morgan fingerprint density at radius 1 is 1.17 bits per heavy atom. The van der Waals surface area contributed by atoms with E-state index in [0.717, 1.165) is 22.8 Å². The quantitative estimate of drug-likeness (QED) is 0.868. The number of hydrogen-bond acceptors (Lipinski definition) is 2. The molecular weight excluding hydrogens is 222 g/mol. The van der Waals surface area contributed by atoms with Gasteiger partial charge in [-0.3, -0.25) is 0 Å². The average molecular weight is 243 g/mol. The molecule has 2 aromatic rings. The van der Waals surface area contributed by atoms with Gasteiger partial charge >= 0.3 is 0 Å². The summed E-state index contributed by atoms with van der Waals surface area (Å²) in [4.78, 5) is 8.08. The molecule has 0 unspecified atom stereocenters. The van der Waals surface area contributed by atoms with Gasteiger partial charge in [0, 0.05) is 11.3 Å². The van der Waals surface area contributed by atoms with E-state index >= 15 is 0 Å². The number of nitrogens with zero attached hydrogens (tertiary/aromatic N) is 1. The normalized spacial score (nSPS) is 12.1. The Balaban J connectivity index is 2.56. The minimum atomic E-state index is -0.448. The molecule has 0 bridgehead atoms. The van der Waals surface area contributed by atoms with Crippen molar-refractivity contribution in [3.8, 4) is 11.3 Å². The lowest BCUT2D eigenvalue weighted by Gasteiger charge is -2.14. The second-order valence-electron chi connectivity index (χ2n) is 5.59. The Hall–Kier alpha value is -1.61. The van der Waals surface area contributed by atoms with Crippen molar-refractivity contribution in [1.82, 2.24) is 9.97 Å². The number of rotatable bonds is 3. The highest BCUT2D eigenvalue weighted by atomic mass is 15.0. The number of aromatic nitrogens is 2. The van der Waals surface area contributed by atoms with Gasteiger partial charge in [-0.25, -0.2) is 4.98 Å². The van der Waals surface area contributed by atoms with E-state index in [4.69, 9.17) is 10.7 Å². The van der Waals surface area contributed by atoms with Crippen molar-refractivity contribution < 1.29 is 0 Å². The number of nitrogens with one attached hydrogen (secondary N) is 1. The molecule has 0 saturated carbocycles. The summed E-state index contributed by atoms with van der Waals surface area (Å²) < 4.78 is 0. The van der Waals surface area contributed by atoms with E-state index in [2.05, 4.69) is 31.0 Å². The minimum Gasteiger partial charge on any atom is -0.344 e. The van der Waals surface area contributed by atoms with Crippen LogP contribution >= 0.6 is 0 Å². The van der Waals surface area contributed by atoms with Gasteiger partial charge in [-0.15, -0.1) is 0 Å². The van der Waals surface area contributed by atoms with Crippen molar-refractivity contribution in [3.05, 3.63) is 41.9 Å². The maximum absolute atomic E-state index is 6.12. The molecule has 1 heterocycles. The van der Waals surface area contributed by atoms with Gasteiger partial charge in [0.15, 0.2) is 0 Å². The fourth-order valence-corrected chi connectivity index (χ4v) is 1.93. The Morgan fingerprint density at radius 3 is 2.28 bits per heavy atom. The van der Waals surface area contributed by atoms with Crippen molar-refractivity contribution in [2.24, 2.45) is 5.73 Å². The molecule has 2 rings (SSSR count). The second-order valence-corrected chi connectivity index (χ2v) is 5.59. The molecule has 0 fully saturated rings. The summed E-state index contributed by atoms with van der Waals surface area (Å²) in [5.41, 5.74) is 8.97. The first-order valence-electron chi connectivity index (χ1n) is 6.34. The molecule has 0 aliphatic rings. The van der Waals surface area contributed by atoms with Gasteiger partial charge in [0.05, 0.1) is 11.2 Å². The molecule has 1 aromatic heterocycles. The van der Waals surface area contributed by atoms with Crippen molar-refractivity contribution in [3.63, 3.8) is 0 Å². The molecule has 3 N–H and O–H groups in total. The first-order valence-corrected chi connectivity index (χ1v) is 6.34. The highest BCUT2D eigenvalue weighted by Gasteiger charge is 2.22. The van der Waals surface area contributed by atoms with Crippen LogP contribution in [0.5, 0.6) is 0 Å². The molecule has 0 saturated heterocycles. The molecule has 0 aliphatic heterocycles. The monoisotopic (exact) mass is 243 g/mol. The largest absolute Gasteiger partial charge is 0.344 e. The summed E-state index contributed by atoms with van der Waals surface area (Å²) in [7, 11) is 0. The van der Waals surface area contributed by atoms with E-state index in [1.807, 2.05) is 32.0 Å². The molecule has 3 heteroatoms. The van der Waals surface area contributed by atoms with Gasteiger partial charge in [-0.2, -0.15) is 0 Å². The Bertz CT molecular complexity index is 518. The molecular formula is C15H21N3. The molecule has 1 aromatic carbocycles. The van der Waals surface area contributed by atoms with E-state index in [1.165, 1.54) is 0 Å². The van der Waals surface area contributed by atoms with E-state index < -0.39 is 5.54 Å². The number of imidazole rings is 1. The third kappa shape index (κ3) is 2.46. The van der Waals surface area contributed by atoms with Crippen LogP contribution in [0.15, 0.2) is 30.3 Å². The lowest BCUT2D eigenvalue weighted by atomic mass is 10.0. The molecule has 0 atom stereocenters. The number of aromatic amines is 1. The number of benzene rings is 1.